The minimum Gasteiger partial charge on any atom is -0.225 e. The van der Waals surface area contributed by atoms with E-state index < -0.39 is 10.0 Å². The summed E-state index contributed by atoms with van der Waals surface area (Å²) in [4.78, 5) is 7.35. The van der Waals surface area contributed by atoms with Crippen LogP contribution in [0.15, 0.2) is 41.6 Å². The van der Waals surface area contributed by atoms with Crippen molar-refractivity contribution in [2.24, 2.45) is 0 Å². The molecule has 2 rings (SSSR count). The molecule has 0 saturated heterocycles. The van der Waals surface area contributed by atoms with Crippen LogP contribution < -0.4 is 0 Å². The summed E-state index contributed by atoms with van der Waals surface area (Å²) >= 11 is 11.3. The lowest BCUT2D eigenvalue weighted by atomic mass is 10.2. The van der Waals surface area contributed by atoms with Crippen LogP contribution >= 0.6 is 23.2 Å². The minimum absolute atomic E-state index is 0.00152. The number of aromatic nitrogens is 2. The van der Waals surface area contributed by atoms with Crippen molar-refractivity contribution >= 4 is 33.2 Å². The van der Waals surface area contributed by atoms with E-state index in [0.717, 1.165) is 5.56 Å². The van der Waals surface area contributed by atoms with Gasteiger partial charge in [-0.15, -0.1) is 0 Å². The van der Waals surface area contributed by atoms with E-state index in [2.05, 4.69) is 9.97 Å². The largest absolute Gasteiger partial charge is 0.246 e. The van der Waals surface area contributed by atoms with Crippen molar-refractivity contribution < 1.29 is 8.42 Å². The summed E-state index contributed by atoms with van der Waals surface area (Å²) in [5.41, 5.74) is 0.829. The van der Waals surface area contributed by atoms with Crippen LogP contribution in [-0.4, -0.2) is 29.7 Å². The van der Waals surface area contributed by atoms with Gasteiger partial charge in [-0.25, -0.2) is 18.4 Å². The zero-order chi connectivity index (χ0) is 14.8. The third-order valence-corrected chi connectivity index (χ3v) is 4.83. The maximum Gasteiger partial charge on any atom is 0.246 e. The highest BCUT2D eigenvalue weighted by Crippen LogP contribution is 2.17. The van der Waals surface area contributed by atoms with Gasteiger partial charge in [-0.05, 0) is 29.3 Å². The Morgan fingerprint density at radius 1 is 1.10 bits per heavy atom. The van der Waals surface area contributed by atoms with Crippen molar-refractivity contribution in [3.8, 4) is 0 Å². The monoisotopic (exact) mass is 331 g/mol. The maximum absolute atomic E-state index is 12.3. The van der Waals surface area contributed by atoms with E-state index in [1.807, 2.05) is 0 Å². The highest BCUT2D eigenvalue weighted by atomic mass is 35.5. The van der Waals surface area contributed by atoms with Crippen LogP contribution in [-0.2, 0) is 16.6 Å². The van der Waals surface area contributed by atoms with E-state index in [0.29, 0.717) is 5.02 Å². The first kappa shape index (κ1) is 15.2. The van der Waals surface area contributed by atoms with Crippen molar-refractivity contribution in [3.63, 3.8) is 0 Å². The van der Waals surface area contributed by atoms with Crippen LogP contribution in [0.3, 0.4) is 0 Å². The van der Waals surface area contributed by atoms with Crippen LogP contribution in [0.2, 0.25) is 10.3 Å². The lowest BCUT2D eigenvalue weighted by Crippen LogP contribution is -2.26. The molecule has 8 heteroatoms. The molecule has 0 bridgehead atoms. The number of halogens is 2. The van der Waals surface area contributed by atoms with E-state index in [1.165, 1.54) is 23.7 Å². The van der Waals surface area contributed by atoms with Crippen molar-refractivity contribution in [2.45, 2.75) is 11.4 Å². The molecule has 0 atom stereocenters. The van der Waals surface area contributed by atoms with Crippen molar-refractivity contribution in [1.29, 1.82) is 0 Å². The third-order valence-electron chi connectivity index (χ3n) is 2.62. The molecule has 0 aliphatic rings. The molecule has 5 nitrogen and oxygen atoms in total. The van der Waals surface area contributed by atoms with E-state index >= 15 is 0 Å². The summed E-state index contributed by atoms with van der Waals surface area (Å²) in [7, 11) is -2.16. The molecule has 106 valence electrons. The van der Waals surface area contributed by atoms with Gasteiger partial charge >= 0.3 is 0 Å². The van der Waals surface area contributed by atoms with Gasteiger partial charge in [0.2, 0.25) is 15.3 Å². The van der Waals surface area contributed by atoms with Crippen LogP contribution in [0, 0.1) is 0 Å². The Morgan fingerprint density at radius 3 is 2.20 bits per heavy atom. The Hall–Kier alpha value is -1.21. The van der Waals surface area contributed by atoms with E-state index in [4.69, 9.17) is 23.2 Å². The average molecular weight is 332 g/mol. The van der Waals surface area contributed by atoms with Gasteiger partial charge in [0.05, 0.1) is 12.4 Å². The Morgan fingerprint density at radius 2 is 1.65 bits per heavy atom. The van der Waals surface area contributed by atoms with Gasteiger partial charge in [0, 0.05) is 18.6 Å². The lowest BCUT2D eigenvalue weighted by Gasteiger charge is -2.16. The van der Waals surface area contributed by atoms with Crippen LogP contribution in [0.1, 0.15) is 5.56 Å². The first-order valence-electron chi connectivity index (χ1n) is 5.58. The zero-order valence-electron chi connectivity index (χ0n) is 10.5. The average Bonchev–Trinajstić information content (AvgIpc) is 2.42. The van der Waals surface area contributed by atoms with Gasteiger partial charge in [0.1, 0.15) is 4.90 Å². The molecule has 0 amide bonds. The Bertz CT molecular complexity index is 688. The number of sulfonamides is 1. The first-order valence-corrected chi connectivity index (χ1v) is 7.77. The Kier molecular flexibility index (Phi) is 4.59. The standard InChI is InChI=1S/C12H11Cl2N3O2S/c1-17(8-9-2-4-10(13)5-3-9)20(18,19)11-6-15-12(14)16-7-11/h2-7H,8H2,1H3. The molecule has 1 heterocycles. The van der Waals surface area contributed by atoms with Crippen LogP contribution in [0.5, 0.6) is 0 Å². The molecule has 0 N–H and O–H groups in total. The summed E-state index contributed by atoms with van der Waals surface area (Å²) in [6, 6.07) is 6.96. The fourth-order valence-corrected chi connectivity index (χ4v) is 2.82. The predicted molar refractivity (Wildman–Crippen MR) is 77.1 cm³/mol. The summed E-state index contributed by atoms with van der Waals surface area (Å²) in [5, 5.41) is 0.606. The second-order valence-corrected chi connectivity index (χ2v) is 6.89. The summed E-state index contributed by atoms with van der Waals surface area (Å²) in [6.45, 7) is 0.224. The molecule has 0 radical (unpaired) electrons. The number of rotatable bonds is 4. The number of hydrogen-bond donors (Lipinski definition) is 0. The fourth-order valence-electron chi connectivity index (χ4n) is 1.55. The molecule has 0 saturated carbocycles. The van der Waals surface area contributed by atoms with Gasteiger partial charge in [-0.1, -0.05) is 23.7 Å². The molecule has 2 aromatic rings. The van der Waals surface area contributed by atoms with Crippen molar-refractivity contribution in [1.82, 2.24) is 14.3 Å². The molecule has 1 aromatic heterocycles. The second kappa shape index (κ2) is 6.05. The number of benzene rings is 1. The van der Waals surface area contributed by atoms with Gasteiger partial charge in [-0.2, -0.15) is 4.31 Å². The second-order valence-electron chi connectivity index (χ2n) is 4.08. The molecule has 0 aliphatic carbocycles. The third kappa shape index (κ3) is 3.46. The molecular formula is C12H11Cl2N3O2S. The summed E-state index contributed by atoms with van der Waals surface area (Å²) < 4.78 is 25.8. The lowest BCUT2D eigenvalue weighted by molar-refractivity contribution is 0.466. The summed E-state index contributed by atoms with van der Waals surface area (Å²) in [5.74, 6) is 0. The van der Waals surface area contributed by atoms with E-state index in [9.17, 15) is 8.42 Å². The Labute approximate surface area is 127 Å². The molecule has 0 spiro atoms. The molecule has 1 aromatic carbocycles. The first-order chi connectivity index (χ1) is 9.39. The van der Waals surface area contributed by atoms with E-state index in [1.54, 1.807) is 24.3 Å². The highest BCUT2D eigenvalue weighted by Gasteiger charge is 2.21. The highest BCUT2D eigenvalue weighted by molar-refractivity contribution is 7.89. The van der Waals surface area contributed by atoms with Crippen LogP contribution in [0.25, 0.3) is 0 Å². The molecule has 0 unspecified atom stereocenters. The predicted octanol–water partition coefficient (Wildman–Crippen LogP) is 2.60. The molecular weight excluding hydrogens is 321 g/mol. The number of nitrogens with zero attached hydrogens (tertiary/aromatic N) is 3. The maximum atomic E-state index is 12.3. The number of hydrogen-bond acceptors (Lipinski definition) is 4. The van der Waals surface area contributed by atoms with Crippen molar-refractivity contribution in [3.05, 3.63) is 52.5 Å². The van der Waals surface area contributed by atoms with Gasteiger partial charge in [-0.3, -0.25) is 0 Å². The van der Waals surface area contributed by atoms with E-state index in [-0.39, 0.29) is 16.7 Å². The fraction of sp³-hybridized carbons (Fsp3) is 0.167. The molecule has 20 heavy (non-hydrogen) atoms. The summed E-state index contributed by atoms with van der Waals surface area (Å²) in [6.07, 6.45) is 2.37. The van der Waals surface area contributed by atoms with Gasteiger partial charge in [0.25, 0.3) is 0 Å². The Balaban J connectivity index is 2.21. The van der Waals surface area contributed by atoms with Crippen molar-refractivity contribution in [2.75, 3.05) is 7.05 Å². The smallest absolute Gasteiger partial charge is 0.225 e. The van der Waals surface area contributed by atoms with Gasteiger partial charge < -0.3 is 0 Å². The quantitative estimate of drug-likeness (QED) is 0.808. The van der Waals surface area contributed by atoms with Crippen LogP contribution in [0.4, 0.5) is 0 Å². The molecule has 0 aliphatic heterocycles. The SMILES string of the molecule is CN(Cc1ccc(Cl)cc1)S(=O)(=O)c1cnc(Cl)nc1. The zero-order valence-corrected chi connectivity index (χ0v) is 12.8. The minimum atomic E-state index is -3.65. The topological polar surface area (TPSA) is 63.2 Å². The van der Waals surface area contributed by atoms with Gasteiger partial charge in [0.15, 0.2) is 0 Å². The normalized spacial score (nSPS) is 11.8. The molecule has 0 fully saturated rings.